The Hall–Kier alpha value is -3.57. The first-order valence-corrected chi connectivity index (χ1v) is 14.3. The highest BCUT2D eigenvalue weighted by molar-refractivity contribution is 7.89. The van der Waals surface area contributed by atoms with Gasteiger partial charge in [0.1, 0.15) is 17.4 Å². The van der Waals surface area contributed by atoms with Crippen molar-refractivity contribution in [3.8, 4) is 5.69 Å². The quantitative estimate of drug-likeness (QED) is 0.447. The molecule has 2 saturated heterocycles. The Balaban J connectivity index is 1.33. The van der Waals surface area contributed by atoms with E-state index in [4.69, 9.17) is 4.74 Å². The maximum absolute atomic E-state index is 13.8. The summed E-state index contributed by atoms with van der Waals surface area (Å²) in [5, 5.41) is 4.47. The van der Waals surface area contributed by atoms with E-state index in [9.17, 15) is 22.0 Å². The van der Waals surface area contributed by atoms with Crippen molar-refractivity contribution in [2.75, 3.05) is 38.2 Å². The lowest BCUT2D eigenvalue weighted by Crippen LogP contribution is -2.53. The lowest BCUT2D eigenvalue weighted by molar-refractivity contribution is -0.151. The van der Waals surface area contributed by atoms with Crippen LogP contribution >= 0.6 is 0 Å². The van der Waals surface area contributed by atoms with Crippen LogP contribution in [0.1, 0.15) is 24.1 Å². The summed E-state index contributed by atoms with van der Waals surface area (Å²) < 4.78 is 63.2. The second-order valence-electron chi connectivity index (χ2n) is 10.3. The van der Waals surface area contributed by atoms with Crippen molar-refractivity contribution in [1.82, 2.24) is 14.1 Å². The van der Waals surface area contributed by atoms with Gasteiger partial charge < -0.3 is 9.64 Å². The molecule has 2 aromatic carbocycles. The first-order valence-electron chi connectivity index (χ1n) is 12.8. The maximum atomic E-state index is 13.8. The number of nitrogens with zero attached hydrogens (tertiary/aromatic N) is 4. The van der Waals surface area contributed by atoms with Gasteiger partial charge in [-0.3, -0.25) is 4.79 Å². The van der Waals surface area contributed by atoms with Crippen LogP contribution in [0.25, 0.3) is 11.8 Å². The van der Waals surface area contributed by atoms with Gasteiger partial charge in [-0.05, 0) is 78.9 Å². The number of aromatic nitrogens is 2. The van der Waals surface area contributed by atoms with Crippen LogP contribution < -0.4 is 4.90 Å². The molecule has 0 saturated carbocycles. The highest BCUT2D eigenvalue weighted by atomic mass is 32.2. The number of sulfonamides is 1. The van der Waals surface area contributed by atoms with Crippen molar-refractivity contribution in [3.63, 3.8) is 0 Å². The fraction of sp³-hybridized carbons (Fsp3) is 0.357. The van der Waals surface area contributed by atoms with E-state index < -0.39 is 27.6 Å². The monoisotopic (exact) mass is 554 g/mol. The number of alkyl halides is 1. The van der Waals surface area contributed by atoms with Crippen LogP contribution in [0.2, 0.25) is 0 Å². The standard InChI is InChI=1S/C28H28F2N4O4S/c1-38-27(35)28-15-19-16-31-34(23-7-5-21(29)6-8-23)26(19)13-20(28)9-12-33(18-28)39(36,37)25-4-2-3-24(14-25)32-11-10-22(30)17-32/h2-8,13-14,16,22H,9-12,15,17-18H2,1H3/t22-,28+/m1/s1. The van der Waals surface area contributed by atoms with Gasteiger partial charge >= 0.3 is 5.97 Å². The van der Waals surface area contributed by atoms with Crippen LogP contribution in [-0.4, -0.2) is 67.9 Å². The third kappa shape index (κ3) is 4.33. The van der Waals surface area contributed by atoms with E-state index in [0.29, 0.717) is 30.8 Å². The van der Waals surface area contributed by atoms with Crippen LogP contribution in [0.4, 0.5) is 14.5 Å². The van der Waals surface area contributed by atoms with E-state index >= 15 is 0 Å². The minimum Gasteiger partial charge on any atom is -0.468 e. The van der Waals surface area contributed by atoms with Gasteiger partial charge in [0.15, 0.2) is 0 Å². The van der Waals surface area contributed by atoms with Crippen molar-refractivity contribution in [1.29, 1.82) is 0 Å². The molecule has 0 unspecified atom stereocenters. The lowest BCUT2D eigenvalue weighted by Gasteiger charge is -2.43. The number of rotatable bonds is 5. The minimum absolute atomic E-state index is 0.0739. The van der Waals surface area contributed by atoms with Gasteiger partial charge in [-0.2, -0.15) is 9.40 Å². The molecule has 3 aromatic rings. The molecule has 0 bridgehead atoms. The normalized spacial score (nSPS) is 23.2. The summed E-state index contributed by atoms with van der Waals surface area (Å²) in [4.78, 5) is 15.3. The predicted molar refractivity (Wildman–Crippen MR) is 141 cm³/mol. The molecule has 1 aromatic heterocycles. The van der Waals surface area contributed by atoms with Gasteiger partial charge in [0.25, 0.3) is 0 Å². The number of benzene rings is 2. The molecule has 8 nitrogen and oxygen atoms in total. The summed E-state index contributed by atoms with van der Waals surface area (Å²) in [6.45, 7) is 0.881. The van der Waals surface area contributed by atoms with Crippen molar-refractivity contribution in [3.05, 3.63) is 77.4 Å². The molecule has 204 valence electrons. The molecule has 39 heavy (non-hydrogen) atoms. The van der Waals surface area contributed by atoms with Crippen molar-refractivity contribution >= 4 is 27.8 Å². The van der Waals surface area contributed by atoms with Crippen molar-refractivity contribution in [2.24, 2.45) is 5.41 Å². The zero-order valence-corrected chi connectivity index (χ0v) is 22.2. The Morgan fingerprint density at radius 2 is 1.92 bits per heavy atom. The third-order valence-corrected chi connectivity index (χ3v) is 9.82. The molecule has 0 spiro atoms. The van der Waals surface area contributed by atoms with Gasteiger partial charge in [0.2, 0.25) is 10.0 Å². The summed E-state index contributed by atoms with van der Waals surface area (Å²) in [6.07, 6.45) is 3.58. The molecule has 1 aliphatic carbocycles. The molecular formula is C28H28F2N4O4S. The Bertz CT molecular complexity index is 1570. The van der Waals surface area contributed by atoms with Crippen molar-refractivity contribution in [2.45, 2.75) is 30.3 Å². The average Bonchev–Trinajstić information content (AvgIpc) is 3.57. The molecule has 0 amide bonds. The number of piperidine rings is 1. The molecule has 2 atom stereocenters. The number of anilines is 1. The molecule has 3 heterocycles. The highest BCUT2D eigenvalue weighted by Crippen LogP contribution is 2.46. The summed E-state index contributed by atoms with van der Waals surface area (Å²) in [5.41, 5.74) is 2.46. The Kier molecular flexibility index (Phi) is 6.30. The number of fused-ring (bicyclic) bond motifs is 2. The van der Waals surface area contributed by atoms with Crippen LogP contribution in [0.5, 0.6) is 0 Å². The summed E-state index contributed by atoms with van der Waals surface area (Å²) in [6, 6.07) is 12.5. The molecule has 11 heteroatoms. The molecule has 6 rings (SSSR count). The molecule has 3 aliphatic rings. The minimum atomic E-state index is -3.96. The number of esters is 1. The number of hydrogen-bond acceptors (Lipinski definition) is 6. The lowest BCUT2D eigenvalue weighted by atomic mass is 9.69. The molecule has 0 radical (unpaired) electrons. The largest absolute Gasteiger partial charge is 0.468 e. The first-order chi connectivity index (χ1) is 18.7. The van der Waals surface area contributed by atoms with Gasteiger partial charge in [0, 0.05) is 31.9 Å². The van der Waals surface area contributed by atoms with Gasteiger partial charge in [-0.1, -0.05) is 6.07 Å². The van der Waals surface area contributed by atoms with Crippen LogP contribution in [0.15, 0.2) is 65.2 Å². The first kappa shape index (κ1) is 25.7. The molecule has 2 aliphatic heterocycles. The number of methoxy groups -OCH3 is 1. The maximum Gasteiger partial charge on any atom is 0.317 e. The average molecular weight is 555 g/mol. The Morgan fingerprint density at radius 3 is 2.64 bits per heavy atom. The van der Waals surface area contributed by atoms with Crippen molar-refractivity contribution < 1.29 is 26.7 Å². The van der Waals surface area contributed by atoms with E-state index in [0.717, 1.165) is 16.8 Å². The highest BCUT2D eigenvalue weighted by Gasteiger charge is 2.51. The van der Waals surface area contributed by atoms with E-state index in [-0.39, 0.29) is 36.8 Å². The van der Waals surface area contributed by atoms with Gasteiger partial charge in [-0.25, -0.2) is 21.9 Å². The summed E-state index contributed by atoms with van der Waals surface area (Å²) in [5.74, 6) is -0.859. The van der Waals surface area contributed by atoms with E-state index in [2.05, 4.69) is 5.10 Å². The van der Waals surface area contributed by atoms with Crippen LogP contribution in [-0.2, 0) is 26.0 Å². The summed E-state index contributed by atoms with van der Waals surface area (Å²) >= 11 is 0. The zero-order chi connectivity index (χ0) is 27.4. The molecule has 0 N–H and O–H groups in total. The van der Waals surface area contributed by atoms with Gasteiger partial charge in [-0.15, -0.1) is 0 Å². The van der Waals surface area contributed by atoms with Gasteiger partial charge in [0.05, 0.1) is 29.6 Å². The second kappa shape index (κ2) is 9.56. The van der Waals surface area contributed by atoms with E-state index in [1.165, 1.54) is 29.6 Å². The van der Waals surface area contributed by atoms with Crippen LogP contribution in [0, 0.1) is 11.2 Å². The number of carbonyl (C=O) groups is 1. The summed E-state index contributed by atoms with van der Waals surface area (Å²) in [7, 11) is -2.65. The number of ether oxygens (including phenoxy) is 1. The Labute approximate surface area is 225 Å². The topological polar surface area (TPSA) is 84.7 Å². The third-order valence-electron chi connectivity index (χ3n) is 7.98. The fourth-order valence-corrected chi connectivity index (χ4v) is 7.46. The van der Waals surface area contributed by atoms with E-state index in [1.807, 2.05) is 11.0 Å². The zero-order valence-electron chi connectivity index (χ0n) is 21.4. The Morgan fingerprint density at radius 1 is 1.13 bits per heavy atom. The van der Waals surface area contributed by atoms with Crippen LogP contribution in [0.3, 0.4) is 0 Å². The number of carbonyl (C=O) groups excluding carboxylic acids is 1. The SMILES string of the molecule is COC(=O)[C@]12Cc3cnn(-c4ccc(F)cc4)c3C=C1CCN(S(=O)(=O)c1cccc(N3CC[C@@H](F)C3)c1)C2. The smallest absolute Gasteiger partial charge is 0.317 e. The molecular weight excluding hydrogens is 526 g/mol. The number of hydrogen-bond donors (Lipinski definition) is 0. The molecule has 2 fully saturated rings. The van der Waals surface area contributed by atoms with E-state index in [1.54, 1.807) is 41.2 Å². The predicted octanol–water partition coefficient (Wildman–Crippen LogP) is 3.75. The number of halogens is 2. The fourth-order valence-electron chi connectivity index (χ4n) is 5.92. The second-order valence-corrected chi connectivity index (χ2v) is 12.2.